The standard InChI is InChI=1S/C20H34N2O/c1-14(2)21-19-12-16(20(19,3)4)11-17-13-18(23-22-17)10-15-8-6-5-7-9-15/h13-16,19,21H,5-12H2,1-4H3/t16-,19+/m1/s1. The number of rotatable bonds is 6. The summed E-state index contributed by atoms with van der Waals surface area (Å²) in [6.45, 7) is 9.26. The Morgan fingerprint density at radius 3 is 2.61 bits per heavy atom. The zero-order valence-electron chi connectivity index (χ0n) is 15.4. The van der Waals surface area contributed by atoms with Crippen LogP contribution in [0.2, 0.25) is 0 Å². The summed E-state index contributed by atoms with van der Waals surface area (Å²) >= 11 is 0. The summed E-state index contributed by atoms with van der Waals surface area (Å²) in [5.74, 6) is 2.65. The third-order valence-electron chi connectivity index (χ3n) is 6.28. The number of nitrogens with zero attached hydrogens (tertiary/aromatic N) is 1. The predicted octanol–water partition coefficient (Wildman–Crippen LogP) is 4.75. The monoisotopic (exact) mass is 318 g/mol. The number of aromatic nitrogens is 1. The summed E-state index contributed by atoms with van der Waals surface area (Å²) < 4.78 is 5.63. The van der Waals surface area contributed by atoms with E-state index in [1.807, 2.05) is 0 Å². The largest absolute Gasteiger partial charge is 0.361 e. The van der Waals surface area contributed by atoms with Crippen molar-refractivity contribution in [3.05, 3.63) is 17.5 Å². The molecule has 0 unspecified atom stereocenters. The molecule has 0 amide bonds. The van der Waals surface area contributed by atoms with Gasteiger partial charge in [-0.3, -0.25) is 0 Å². The first-order valence-electron chi connectivity index (χ1n) is 9.65. The molecule has 0 aliphatic heterocycles. The van der Waals surface area contributed by atoms with E-state index in [2.05, 4.69) is 44.2 Å². The van der Waals surface area contributed by atoms with E-state index in [1.54, 1.807) is 0 Å². The molecule has 0 radical (unpaired) electrons. The van der Waals surface area contributed by atoms with E-state index in [9.17, 15) is 0 Å². The van der Waals surface area contributed by atoms with Gasteiger partial charge in [-0.1, -0.05) is 65.0 Å². The Hall–Kier alpha value is -0.830. The Morgan fingerprint density at radius 2 is 1.96 bits per heavy atom. The highest BCUT2D eigenvalue weighted by Crippen LogP contribution is 2.48. The third kappa shape index (κ3) is 3.99. The van der Waals surface area contributed by atoms with E-state index in [1.165, 1.54) is 38.5 Å². The lowest BCUT2D eigenvalue weighted by molar-refractivity contribution is 0.00900. The van der Waals surface area contributed by atoms with Crippen molar-refractivity contribution in [2.45, 2.75) is 91.1 Å². The van der Waals surface area contributed by atoms with Gasteiger partial charge in [-0.05, 0) is 30.1 Å². The van der Waals surface area contributed by atoms with Crippen LogP contribution in [0, 0.1) is 17.3 Å². The summed E-state index contributed by atoms with van der Waals surface area (Å²) in [4.78, 5) is 0. The average molecular weight is 319 g/mol. The van der Waals surface area contributed by atoms with Gasteiger partial charge in [-0.15, -0.1) is 0 Å². The maximum atomic E-state index is 5.63. The molecule has 2 fully saturated rings. The molecule has 0 bridgehead atoms. The minimum absolute atomic E-state index is 0.354. The molecule has 2 atom stereocenters. The van der Waals surface area contributed by atoms with Crippen LogP contribution in [0.15, 0.2) is 10.6 Å². The summed E-state index contributed by atoms with van der Waals surface area (Å²) in [6, 6.07) is 3.43. The highest BCUT2D eigenvalue weighted by atomic mass is 16.5. The molecule has 0 saturated heterocycles. The van der Waals surface area contributed by atoms with Crippen LogP contribution in [0.1, 0.15) is 77.7 Å². The van der Waals surface area contributed by atoms with Gasteiger partial charge in [-0.2, -0.15) is 0 Å². The van der Waals surface area contributed by atoms with Crippen molar-refractivity contribution in [2.24, 2.45) is 17.3 Å². The van der Waals surface area contributed by atoms with E-state index < -0.39 is 0 Å². The fourth-order valence-electron chi connectivity index (χ4n) is 4.52. The number of nitrogens with one attached hydrogen (secondary N) is 1. The van der Waals surface area contributed by atoms with Gasteiger partial charge in [-0.25, -0.2) is 0 Å². The summed E-state index contributed by atoms with van der Waals surface area (Å²) in [5, 5.41) is 8.06. The Kier molecular flexibility index (Phi) is 5.15. The van der Waals surface area contributed by atoms with Gasteiger partial charge in [0.1, 0.15) is 5.76 Å². The first kappa shape index (κ1) is 17.0. The van der Waals surface area contributed by atoms with Gasteiger partial charge in [0.2, 0.25) is 0 Å². The van der Waals surface area contributed by atoms with Crippen molar-refractivity contribution in [2.75, 3.05) is 0 Å². The average Bonchev–Trinajstić information content (AvgIpc) is 2.94. The highest BCUT2D eigenvalue weighted by Gasteiger charge is 2.47. The smallest absolute Gasteiger partial charge is 0.137 e. The molecule has 1 aromatic heterocycles. The van der Waals surface area contributed by atoms with E-state index >= 15 is 0 Å². The third-order valence-corrected chi connectivity index (χ3v) is 6.28. The van der Waals surface area contributed by atoms with Gasteiger partial charge in [0.05, 0.1) is 5.69 Å². The summed E-state index contributed by atoms with van der Waals surface area (Å²) in [7, 11) is 0. The van der Waals surface area contributed by atoms with Crippen LogP contribution >= 0.6 is 0 Å². The van der Waals surface area contributed by atoms with E-state index in [0.717, 1.165) is 30.2 Å². The molecule has 2 saturated carbocycles. The van der Waals surface area contributed by atoms with Crippen molar-refractivity contribution in [3.8, 4) is 0 Å². The van der Waals surface area contributed by atoms with E-state index in [-0.39, 0.29) is 0 Å². The lowest BCUT2D eigenvalue weighted by Gasteiger charge is -2.53. The summed E-state index contributed by atoms with van der Waals surface area (Å²) in [5.41, 5.74) is 1.52. The van der Waals surface area contributed by atoms with Gasteiger partial charge in [0.25, 0.3) is 0 Å². The van der Waals surface area contributed by atoms with Gasteiger partial charge >= 0.3 is 0 Å². The topological polar surface area (TPSA) is 38.1 Å². The minimum Gasteiger partial charge on any atom is -0.361 e. The second-order valence-electron chi connectivity index (χ2n) is 8.82. The van der Waals surface area contributed by atoms with Crippen LogP contribution in [-0.2, 0) is 12.8 Å². The normalized spacial score (nSPS) is 28.0. The molecule has 23 heavy (non-hydrogen) atoms. The second-order valence-corrected chi connectivity index (χ2v) is 8.82. The molecule has 130 valence electrons. The zero-order chi connectivity index (χ0) is 16.4. The molecular weight excluding hydrogens is 284 g/mol. The van der Waals surface area contributed by atoms with Crippen LogP contribution in [0.5, 0.6) is 0 Å². The molecular formula is C20H34N2O. The van der Waals surface area contributed by atoms with Crippen LogP contribution in [0.4, 0.5) is 0 Å². The van der Waals surface area contributed by atoms with E-state index in [4.69, 9.17) is 4.52 Å². The SMILES string of the molecule is CC(C)N[C@H]1C[C@@H](Cc2cc(CC3CCCCC3)on2)C1(C)C. The van der Waals surface area contributed by atoms with E-state index in [0.29, 0.717) is 23.4 Å². The molecule has 2 aliphatic rings. The zero-order valence-corrected chi connectivity index (χ0v) is 15.4. The van der Waals surface area contributed by atoms with Crippen molar-refractivity contribution >= 4 is 0 Å². The highest BCUT2D eigenvalue weighted by molar-refractivity contribution is 5.12. The molecule has 1 N–H and O–H groups in total. The van der Waals surface area contributed by atoms with Crippen molar-refractivity contribution in [3.63, 3.8) is 0 Å². The minimum atomic E-state index is 0.354. The van der Waals surface area contributed by atoms with Crippen molar-refractivity contribution < 1.29 is 4.52 Å². The maximum Gasteiger partial charge on any atom is 0.137 e. The maximum absolute atomic E-state index is 5.63. The first-order chi connectivity index (χ1) is 10.9. The quantitative estimate of drug-likeness (QED) is 0.822. The predicted molar refractivity (Wildman–Crippen MR) is 94.4 cm³/mol. The van der Waals surface area contributed by atoms with Gasteiger partial charge in [0, 0.05) is 24.6 Å². The molecule has 3 nitrogen and oxygen atoms in total. The van der Waals surface area contributed by atoms with Crippen LogP contribution in [0.3, 0.4) is 0 Å². The lowest BCUT2D eigenvalue weighted by atomic mass is 9.57. The van der Waals surface area contributed by atoms with Crippen LogP contribution in [0.25, 0.3) is 0 Å². The van der Waals surface area contributed by atoms with Gasteiger partial charge in [0.15, 0.2) is 0 Å². The lowest BCUT2D eigenvalue weighted by Crippen LogP contribution is -2.58. The fourth-order valence-corrected chi connectivity index (χ4v) is 4.52. The number of hydrogen-bond donors (Lipinski definition) is 1. The Balaban J connectivity index is 1.51. The summed E-state index contributed by atoms with van der Waals surface area (Å²) in [6.07, 6.45) is 10.4. The van der Waals surface area contributed by atoms with Crippen LogP contribution < -0.4 is 5.32 Å². The van der Waals surface area contributed by atoms with Gasteiger partial charge < -0.3 is 9.84 Å². The fraction of sp³-hybridized carbons (Fsp3) is 0.850. The van der Waals surface area contributed by atoms with Crippen LogP contribution in [-0.4, -0.2) is 17.2 Å². The Morgan fingerprint density at radius 1 is 1.22 bits per heavy atom. The first-order valence-corrected chi connectivity index (χ1v) is 9.65. The molecule has 3 heteroatoms. The molecule has 0 aromatic carbocycles. The van der Waals surface area contributed by atoms with Crippen molar-refractivity contribution in [1.29, 1.82) is 0 Å². The second kappa shape index (κ2) is 6.96. The number of hydrogen-bond acceptors (Lipinski definition) is 3. The molecule has 1 aromatic rings. The molecule has 3 rings (SSSR count). The van der Waals surface area contributed by atoms with Crippen molar-refractivity contribution in [1.82, 2.24) is 10.5 Å². The molecule has 0 spiro atoms. The molecule has 1 heterocycles. The Labute approximate surface area is 141 Å². The Bertz CT molecular complexity index is 499. The molecule has 2 aliphatic carbocycles.